The minimum Gasteiger partial charge on any atom is -0.461 e. The van der Waals surface area contributed by atoms with E-state index in [1.807, 2.05) is 10.6 Å². The molecule has 3 aromatic heterocycles. The number of imidazole rings is 1. The van der Waals surface area contributed by atoms with Gasteiger partial charge in [0.1, 0.15) is 5.82 Å². The summed E-state index contributed by atoms with van der Waals surface area (Å²) >= 11 is 0. The molecule has 0 aliphatic rings. The van der Waals surface area contributed by atoms with Gasteiger partial charge in [0, 0.05) is 6.54 Å². The van der Waals surface area contributed by atoms with E-state index in [1.54, 1.807) is 19.3 Å². The van der Waals surface area contributed by atoms with E-state index in [9.17, 15) is 4.79 Å². The van der Waals surface area contributed by atoms with Crippen LogP contribution < -0.4 is 5.56 Å². The fourth-order valence-electron chi connectivity index (χ4n) is 2.15. The van der Waals surface area contributed by atoms with Crippen molar-refractivity contribution in [2.45, 2.75) is 26.8 Å². The van der Waals surface area contributed by atoms with Gasteiger partial charge in [-0.05, 0) is 25.5 Å². The number of nitrogens with one attached hydrogen (secondary N) is 1. The third-order valence-electron chi connectivity index (χ3n) is 2.91. The van der Waals surface area contributed by atoms with Gasteiger partial charge in [0.25, 0.3) is 5.56 Å². The molecule has 0 radical (unpaired) electrons. The average Bonchev–Trinajstić information content (AvgIpc) is 2.98. The second-order valence-electron chi connectivity index (χ2n) is 4.39. The van der Waals surface area contributed by atoms with Gasteiger partial charge < -0.3 is 14.0 Å². The molecule has 0 saturated carbocycles. The second kappa shape index (κ2) is 4.38. The lowest BCUT2D eigenvalue weighted by atomic mass is 10.4. The maximum atomic E-state index is 11.9. The number of nitrogens with zero attached hydrogens (tertiary/aromatic N) is 3. The minimum absolute atomic E-state index is 0.217. The summed E-state index contributed by atoms with van der Waals surface area (Å²) in [6.07, 6.45) is 2.51. The maximum Gasteiger partial charge on any atom is 0.279 e. The molecular weight excluding hydrogens is 244 g/mol. The fraction of sp³-hybridized carbons (Fsp3) is 0.308. The van der Waals surface area contributed by atoms with Crippen molar-refractivity contribution in [3.63, 3.8) is 0 Å². The summed E-state index contributed by atoms with van der Waals surface area (Å²) < 4.78 is 7.31. The van der Waals surface area contributed by atoms with Crippen molar-refractivity contribution in [3.05, 3.63) is 34.6 Å². The van der Waals surface area contributed by atoms with Crippen molar-refractivity contribution in [1.29, 1.82) is 0 Å². The Morgan fingerprint density at radius 2 is 2.26 bits per heavy atom. The number of hydrogen-bond acceptors (Lipinski definition) is 4. The van der Waals surface area contributed by atoms with E-state index in [0.717, 1.165) is 13.0 Å². The van der Waals surface area contributed by atoms with E-state index in [4.69, 9.17) is 4.42 Å². The van der Waals surface area contributed by atoms with Crippen molar-refractivity contribution < 1.29 is 4.42 Å². The van der Waals surface area contributed by atoms with Gasteiger partial charge in [-0.25, -0.2) is 9.97 Å². The zero-order valence-corrected chi connectivity index (χ0v) is 10.8. The molecule has 1 N–H and O–H groups in total. The molecule has 0 atom stereocenters. The van der Waals surface area contributed by atoms with Crippen LogP contribution in [-0.4, -0.2) is 19.5 Å². The van der Waals surface area contributed by atoms with Crippen molar-refractivity contribution >= 4 is 11.2 Å². The van der Waals surface area contributed by atoms with Crippen LogP contribution in [0, 0.1) is 6.92 Å². The summed E-state index contributed by atoms with van der Waals surface area (Å²) in [6.45, 7) is 4.57. The van der Waals surface area contributed by atoms with Crippen LogP contribution in [0.3, 0.4) is 0 Å². The van der Waals surface area contributed by atoms with E-state index in [-0.39, 0.29) is 5.56 Å². The third-order valence-corrected chi connectivity index (χ3v) is 2.91. The van der Waals surface area contributed by atoms with Gasteiger partial charge >= 0.3 is 0 Å². The molecule has 98 valence electrons. The van der Waals surface area contributed by atoms with E-state index < -0.39 is 0 Å². The molecule has 0 spiro atoms. The van der Waals surface area contributed by atoms with E-state index in [0.29, 0.717) is 28.6 Å². The van der Waals surface area contributed by atoms with Gasteiger partial charge in [-0.1, -0.05) is 6.92 Å². The number of aromatic nitrogens is 4. The molecule has 0 aliphatic heterocycles. The Balaban J connectivity index is 2.36. The Morgan fingerprint density at radius 1 is 1.42 bits per heavy atom. The zero-order chi connectivity index (χ0) is 13.4. The molecule has 19 heavy (non-hydrogen) atoms. The molecule has 0 fully saturated rings. The largest absolute Gasteiger partial charge is 0.461 e. The first-order chi connectivity index (χ1) is 9.20. The van der Waals surface area contributed by atoms with Gasteiger partial charge in [0.15, 0.2) is 22.7 Å². The molecule has 3 heterocycles. The molecule has 0 unspecified atom stereocenters. The molecule has 3 rings (SSSR count). The van der Waals surface area contributed by atoms with Gasteiger partial charge in [0.2, 0.25) is 0 Å². The van der Waals surface area contributed by atoms with Crippen LogP contribution >= 0.6 is 0 Å². The number of rotatable bonds is 3. The minimum atomic E-state index is -0.217. The highest BCUT2D eigenvalue weighted by Crippen LogP contribution is 2.22. The highest BCUT2D eigenvalue weighted by atomic mass is 16.3. The molecule has 0 bridgehead atoms. The lowest BCUT2D eigenvalue weighted by molar-refractivity contribution is 0.568. The summed E-state index contributed by atoms with van der Waals surface area (Å²) in [5.41, 5.74) is 0.741. The summed E-state index contributed by atoms with van der Waals surface area (Å²) in [4.78, 5) is 23.4. The maximum absolute atomic E-state index is 11.9. The highest BCUT2D eigenvalue weighted by Gasteiger charge is 2.17. The SMILES string of the molecule is CCCn1c(-c2ccco2)nc2c(=O)[nH]c(C)nc21. The molecule has 6 heteroatoms. The predicted octanol–water partition coefficient (Wildman–Crippen LogP) is 2.10. The lowest BCUT2D eigenvalue weighted by Gasteiger charge is -2.04. The van der Waals surface area contributed by atoms with Gasteiger partial charge in [-0.2, -0.15) is 0 Å². The Morgan fingerprint density at radius 3 is 2.95 bits per heavy atom. The lowest BCUT2D eigenvalue weighted by Crippen LogP contribution is -2.10. The topological polar surface area (TPSA) is 76.7 Å². The van der Waals surface area contributed by atoms with Crippen molar-refractivity contribution in [2.75, 3.05) is 0 Å². The van der Waals surface area contributed by atoms with Gasteiger partial charge in [-0.3, -0.25) is 4.79 Å². The van der Waals surface area contributed by atoms with Crippen LogP contribution in [0.4, 0.5) is 0 Å². The van der Waals surface area contributed by atoms with Crippen LogP contribution in [0.5, 0.6) is 0 Å². The first-order valence-corrected chi connectivity index (χ1v) is 6.21. The van der Waals surface area contributed by atoms with Crippen LogP contribution in [0.2, 0.25) is 0 Å². The molecular formula is C13H14N4O2. The van der Waals surface area contributed by atoms with Crippen LogP contribution in [-0.2, 0) is 6.54 Å². The highest BCUT2D eigenvalue weighted by molar-refractivity contribution is 5.75. The quantitative estimate of drug-likeness (QED) is 0.780. The molecule has 6 nitrogen and oxygen atoms in total. The Labute approximate surface area is 109 Å². The monoisotopic (exact) mass is 258 g/mol. The first kappa shape index (κ1) is 11.7. The molecule has 0 saturated heterocycles. The standard InChI is InChI=1S/C13H14N4O2/c1-3-6-17-11(9-5-4-7-19-9)16-10-12(17)14-8(2)15-13(10)18/h4-5,7H,3,6H2,1-2H3,(H,14,15,18). The zero-order valence-electron chi connectivity index (χ0n) is 10.8. The summed E-state index contributed by atoms with van der Waals surface area (Å²) in [6, 6.07) is 3.63. The predicted molar refractivity (Wildman–Crippen MR) is 70.9 cm³/mol. The number of hydrogen-bond donors (Lipinski definition) is 1. The first-order valence-electron chi connectivity index (χ1n) is 6.21. The van der Waals surface area contributed by atoms with E-state index in [1.165, 1.54) is 0 Å². The number of fused-ring (bicyclic) bond motifs is 1. The van der Waals surface area contributed by atoms with Crippen LogP contribution in [0.15, 0.2) is 27.6 Å². The normalized spacial score (nSPS) is 11.3. The second-order valence-corrected chi connectivity index (χ2v) is 4.39. The smallest absolute Gasteiger partial charge is 0.279 e. The average molecular weight is 258 g/mol. The van der Waals surface area contributed by atoms with Gasteiger partial charge in [0.05, 0.1) is 6.26 Å². The Bertz CT molecular complexity index is 768. The number of aromatic amines is 1. The molecule has 3 aromatic rings. The number of H-pyrrole nitrogens is 1. The number of aryl methyl sites for hydroxylation is 2. The van der Waals surface area contributed by atoms with Crippen molar-refractivity contribution in [2.24, 2.45) is 0 Å². The number of furan rings is 1. The molecule has 0 aliphatic carbocycles. The Hall–Kier alpha value is -2.37. The summed E-state index contributed by atoms with van der Waals surface area (Å²) in [7, 11) is 0. The molecule has 0 aromatic carbocycles. The van der Waals surface area contributed by atoms with Crippen LogP contribution in [0.1, 0.15) is 19.2 Å². The molecule has 0 amide bonds. The summed E-state index contributed by atoms with van der Waals surface area (Å²) in [5.74, 6) is 1.87. The van der Waals surface area contributed by atoms with Crippen molar-refractivity contribution in [1.82, 2.24) is 19.5 Å². The van der Waals surface area contributed by atoms with Gasteiger partial charge in [-0.15, -0.1) is 0 Å². The summed E-state index contributed by atoms with van der Waals surface area (Å²) in [5, 5.41) is 0. The fourth-order valence-corrected chi connectivity index (χ4v) is 2.15. The van der Waals surface area contributed by atoms with E-state index in [2.05, 4.69) is 21.9 Å². The Kier molecular flexibility index (Phi) is 2.70. The third kappa shape index (κ3) is 1.85. The van der Waals surface area contributed by atoms with E-state index >= 15 is 0 Å². The van der Waals surface area contributed by atoms with Crippen molar-refractivity contribution in [3.8, 4) is 11.6 Å². The van der Waals surface area contributed by atoms with Crippen LogP contribution in [0.25, 0.3) is 22.7 Å².